The number of nitrogens with one attached hydrogen (secondary N) is 1. The number of rotatable bonds is 7. The summed E-state index contributed by atoms with van der Waals surface area (Å²) in [6.45, 7) is 2.44. The molecule has 0 aliphatic heterocycles. The van der Waals surface area contributed by atoms with E-state index in [0.717, 1.165) is 11.3 Å². The Hall–Kier alpha value is -2.84. The molecule has 0 atom stereocenters. The van der Waals surface area contributed by atoms with Crippen LogP contribution in [0.15, 0.2) is 70.9 Å². The Morgan fingerprint density at radius 3 is 2.39 bits per heavy atom. The number of para-hydroxylation sites is 1. The number of carbonyl (C=O) groups is 1. The number of nitrogens with zero attached hydrogens (tertiary/aromatic N) is 1. The smallest absolute Gasteiger partial charge is 0.267 e. The third-order valence-corrected chi connectivity index (χ3v) is 6.89. The fourth-order valence-corrected chi connectivity index (χ4v) is 5.07. The highest BCUT2D eigenvalue weighted by atomic mass is 32.2. The second kappa shape index (κ2) is 8.45. The molecule has 1 aromatic heterocycles. The number of sulfonamides is 1. The van der Waals surface area contributed by atoms with Gasteiger partial charge in [-0.1, -0.05) is 18.2 Å². The predicted octanol–water partition coefficient (Wildman–Crippen LogP) is 4.22. The maximum absolute atomic E-state index is 13.0. The number of amides is 1. The lowest BCUT2D eigenvalue weighted by Gasteiger charge is -2.19. The molecule has 28 heavy (non-hydrogen) atoms. The Morgan fingerprint density at radius 2 is 1.75 bits per heavy atom. The third kappa shape index (κ3) is 4.18. The molecule has 0 saturated carbocycles. The maximum Gasteiger partial charge on any atom is 0.267 e. The monoisotopic (exact) mass is 416 g/mol. The van der Waals surface area contributed by atoms with Crippen LogP contribution >= 0.6 is 11.3 Å². The van der Waals surface area contributed by atoms with Crippen LogP contribution in [-0.2, 0) is 10.0 Å². The Labute approximate surface area is 168 Å². The topological polar surface area (TPSA) is 75.7 Å². The zero-order valence-corrected chi connectivity index (χ0v) is 17.1. The second-order valence-electron chi connectivity index (χ2n) is 5.83. The summed E-state index contributed by atoms with van der Waals surface area (Å²) in [6.07, 6.45) is 0. The zero-order valence-electron chi connectivity index (χ0n) is 15.5. The molecule has 0 spiro atoms. The van der Waals surface area contributed by atoms with Gasteiger partial charge in [0.05, 0.1) is 12.3 Å². The molecule has 3 aromatic rings. The van der Waals surface area contributed by atoms with E-state index in [-0.39, 0.29) is 9.77 Å². The van der Waals surface area contributed by atoms with E-state index in [0.29, 0.717) is 23.7 Å². The predicted molar refractivity (Wildman–Crippen MR) is 112 cm³/mol. The van der Waals surface area contributed by atoms with Crippen molar-refractivity contribution in [3.8, 4) is 5.75 Å². The van der Waals surface area contributed by atoms with Gasteiger partial charge in [0.25, 0.3) is 15.9 Å². The summed E-state index contributed by atoms with van der Waals surface area (Å²) in [6, 6.07) is 17.1. The molecule has 3 rings (SSSR count). The van der Waals surface area contributed by atoms with Gasteiger partial charge in [0.2, 0.25) is 0 Å². The van der Waals surface area contributed by atoms with Gasteiger partial charge in [-0.25, -0.2) is 8.42 Å². The maximum atomic E-state index is 13.0. The Bertz CT molecular complexity index is 1050. The summed E-state index contributed by atoms with van der Waals surface area (Å²) < 4.78 is 32.6. The van der Waals surface area contributed by atoms with E-state index in [2.05, 4.69) is 5.32 Å². The first-order chi connectivity index (χ1) is 13.4. The highest BCUT2D eigenvalue weighted by molar-refractivity contribution is 7.93. The summed E-state index contributed by atoms with van der Waals surface area (Å²) in [5.74, 6) is 0.226. The van der Waals surface area contributed by atoms with Gasteiger partial charge in [0.15, 0.2) is 0 Å². The minimum atomic E-state index is -3.87. The largest absolute Gasteiger partial charge is 0.494 e. The quantitative estimate of drug-likeness (QED) is 0.626. The third-order valence-electron chi connectivity index (χ3n) is 4.02. The van der Waals surface area contributed by atoms with E-state index >= 15 is 0 Å². The van der Waals surface area contributed by atoms with Gasteiger partial charge in [0.1, 0.15) is 15.5 Å². The summed E-state index contributed by atoms with van der Waals surface area (Å²) in [4.78, 5) is 12.8. The molecule has 6 nitrogen and oxygen atoms in total. The van der Waals surface area contributed by atoms with Gasteiger partial charge in [-0.05, 0) is 54.8 Å². The second-order valence-corrected chi connectivity index (χ2v) is 8.69. The SMILES string of the molecule is CCOc1ccc(NC(=O)c2sccc2S(=O)(=O)N(C)c2ccccc2)cc1. The average Bonchev–Trinajstić information content (AvgIpc) is 3.21. The number of ether oxygens (including phenoxy) is 1. The molecule has 8 heteroatoms. The molecule has 0 saturated heterocycles. The van der Waals surface area contributed by atoms with E-state index in [4.69, 9.17) is 4.74 Å². The Balaban J connectivity index is 1.83. The summed E-state index contributed by atoms with van der Waals surface area (Å²) >= 11 is 1.09. The van der Waals surface area contributed by atoms with Crippen molar-refractivity contribution < 1.29 is 17.9 Å². The molecule has 0 bridgehead atoms. The number of anilines is 2. The molecule has 1 heterocycles. The molecule has 0 unspecified atom stereocenters. The van der Waals surface area contributed by atoms with Crippen molar-refractivity contribution in [1.29, 1.82) is 0 Å². The first-order valence-corrected chi connectivity index (χ1v) is 10.9. The molecular formula is C20H20N2O4S2. The van der Waals surface area contributed by atoms with Crippen molar-refractivity contribution in [2.75, 3.05) is 23.3 Å². The Kier molecular flexibility index (Phi) is 6.01. The van der Waals surface area contributed by atoms with Crippen LogP contribution in [0.4, 0.5) is 11.4 Å². The average molecular weight is 417 g/mol. The zero-order chi connectivity index (χ0) is 20.1. The normalized spacial score (nSPS) is 11.1. The summed E-state index contributed by atoms with van der Waals surface area (Å²) in [5.41, 5.74) is 1.08. The van der Waals surface area contributed by atoms with E-state index in [1.54, 1.807) is 53.9 Å². The van der Waals surface area contributed by atoms with Crippen molar-refractivity contribution in [1.82, 2.24) is 0 Å². The van der Waals surface area contributed by atoms with Crippen LogP contribution in [0.2, 0.25) is 0 Å². The van der Waals surface area contributed by atoms with Crippen molar-refractivity contribution in [2.45, 2.75) is 11.8 Å². The summed E-state index contributed by atoms with van der Waals surface area (Å²) in [7, 11) is -2.40. The fourth-order valence-electron chi connectivity index (χ4n) is 2.58. The van der Waals surface area contributed by atoms with Crippen molar-refractivity contribution >= 4 is 38.6 Å². The number of hydrogen-bond donors (Lipinski definition) is 1. The van der Waals surface area contributed by atoms with Crippen molar-refractivity contribution in [3.63, 3.8) is 0 Å². The standard InChI is InChI=1S/C20H20N2O4S2/c1-3-26-17-11-9-15(10-12-17)21-20(23)19-18(13-14-27-19)28(24,25)22(2)16-7-5-4-6-8-16/h4-14H,3H2,1-2H3,(H,21,23). The number of hydrogen-bond acceptors (Lipinski definition) is 5. The van der Waals surface area contributed by atoms with Crippen LogP contribution in [0.25, 0.3) is 0 Å². The van der Waals surface area contributed by atoms with Crippen LogP contribution in [0, 0.1) is 0 Å². The van der Waals surface area contributed by atoms with Gasteiger partial charge in [0, 0.05) is 12.7 Å². The van der Waals surface area contributed by atoms with Gasteiger partial charge < -0.3 is 10.1 Å². The summed E-state index contributed by atoms with van der Waals surface area (Å²) in [5, 5.41) is 4.33. The Morgan fingerprint density at radius 1 is 1.07 bits per heavy atom. The minimum Gasteiger partial charge on any atom is -0.494 e. The lowest BCUT2D eigenvalue weighted by Crippen LogP contribution is -2.28. The van der Waals surface area contributed by atoms with Crippen molar-refractivity contribution in [2.24, 2.45) is 0 Å². The molecule has 0 fully saturated rings. The van der Waals surface area contributed by atoms with E-state index in [9.17, 15) is 13.2 Å². The van der Waals surface area contributed by atoms with Crippen LogP contribution in [0.5, 0.6) is 5.75 Å². The fraction of sp³-hybridized carbons (Fsp3) is 0.150. The number of benzene rings is 2. The lowest BCUT2D eigenvalue weighted by molar-refractivity contribution is 0.102. The molecule has 0 aliphatic carbocycles. The van der Waals surface area contributed by atoms with E-state index in [1.165, 1.54) is 17.4 Å². The van der Waals surface area contributed by atoms with Gasteiger partial charge in [-0.15, -0.1) is 11.3 Å². The molecule has 0 aliphatic rings. The van der Waals surface area contributed by atoms with E-state index in [1.807, 2.05) is 13.0 Å². The minimum absolute atomic E-state index is 0.0210. The highest BCUT2D eigenvalue weighted by Crippen LogP contribution is 2.28. The van der Waals surface area contributed by atoms with Crippen LogP contribution in [0.3, 0.4) is 0 Å². The van der Waals surface area contributed by atoms with Crippen molar-refractivity contribution in [3.05, 3.63) is 70.9 Å². The van der Waals surface area contributed by atoms with Gasteiger partial charge in [-0.2, -0.15) is 0 Å². The molecule has 1 N–H and O–H groups in total. The number of carbonyl (C=O) groups excluding carboxylic acids is 1. The first kappa shape index (κ1) is 19.9. The first-order valence-electron chi connectivity index (χ1n) is 8.59. The highest BCUT2D eigenvalue weighted by Gasteiger charge is 2.28. The molecule has 0 radical (unpaired) electrons. The van der Waals surface area contributed by atoms with Crippen LogP contribution in [0.1, 0.15) is 16.6 Å². The van der Waals surface area contributed by atoms with Gasteiger partial charge >= 0.3 is 0 Å². The molecule has 2 aromatic carbocycles. The van der Waals surface area contributed by atoms with Crippen LogP contribution < -0.4 is 14.4 Å². The number of thiophene rings is 1. The molecule has 146 valence electrons. The molecular weight excluding hydrogens is 396 g/mol. The molecule has 1 amide bonds. The van der Waals surface area contributed by atoms with Crippen LogP contribution in [-0.4, -0.2) is 28.0 Å². The van der Waals surface area contributed by atoms with Gasteiger partial charge in [-0.3, -0.25) is 9.10 Å². The lowest BCUT2D eigenvalue weighted by atomic mass is 10.3. The van der Waals surface area contributed by atoms with E-state index < -0.39 is 15.9 Å².